The van der Waals surface area contributed by atoms with Gasteiger partial charge in [0.2, 0.25) is 0 Å². The summed E-state index contributed by atoms with van der Waals surface area (Å²) < 4.78 is 1.32. The first-order chi connectivity index (χ1) is 6.83. The Morgan fingerprint density at radius 3 is 3.00 bits per heavy atom. The molecule has 0 aliphatic carbocycles. The molecule has 0 amide bonds. The predicted molar refractivity (Wildman–Crippen MR) is 66.5 cm³/mol. The van der Waals surface area contributed by atoms with Crippen LogP contribution in [0.4, 0.5) is 0 Å². The van der Waals surface area contributed by atoms with E-state index in [1.807, 2.05) is 11.3 Å². The molecule has 1 heterocycles. The molecule has 0 aliphatic heterocycles. The van der Waals surface area contributed by atoms with Crippen molar-refractivity contribution in [2.75, 3.05) is 5.33 Å². The Hall–Kier alpha value is -0.410. The van der Waals surface area contributed by atoms with Crippen molar-refractivity contribution >= 4 is 37.5 Å². The van der Waals surface area contributed by atoms with Crippen molar-refractivity contribution in [1.29, 1.82) is 0 Å². The standard InChI is InChI=1S/C11H12BrNS/c1-2-8-3-4-9-10(7-8)14-11(13-9)5-6-12/h3-4,7H,2,5-6H2,1H3. The monoisotopic (exact) mass is 269 g/mol. The largest absolute Gasteiger partial charge is 0.241 e. The Morgan fingerprint density at radius 1 is 1.43 bits per heavy atom. The number of aromatic nitrogens is 1. The van der Waals surface area contributed by atoms with Crippen LogP contribution in [0.1, 0.15) is 17.5 Å². The lowest BCUT2D eigenvalue weighted by atomic mass is 10.2. The quantitative estimate of drug-likeness (QED) is 0.773. The number of fused-ring (bicyclic) bond motifs is 1. The molecule has 0 unspecified atom stereocenters. The zero-order valence-electron chi connectivity index (χ0n) is 8.09. The molecule has 14 heavy (non-hydrogen) atoms. The molecule has 0 fully saturated rings. The summed E-state index contributed by atoms with van der Waals surface area (Å²) in [7, 11) is 0. The van der Waals surface area contributed by atoms with Crippen LogP contribution in [0.2, 0.25) is 0 Å². The maximum Gasteiger partial charge on any atom is 0.0946 e. The summed E-state index contributed by atoms with van der Waals surface area (Å²) in [5, 5.41) is 2.22. The molecule has 0 radical (unpaired) electrons. The van der Waals surface area contributed by atoms with Crippen molar-refractivity contribution in [2.45, 2.75) is 19.8 Å². The lowest BCUT2D eigenvalue weighted by Gasteiger charge is -1.93. The highest BCUT2D eigenvalue weighted by Crippen LogP contribution is 2.24. The molecular formula is C11H12BrNS. The van der Waals surface area contributed by atoms with Gasteiger partial charge in [-0.2, -0.15) is 0 Å². The fourth-order valence-corrected chi connectivity index (χ4v) is 3.09. The van der Waals surface area contributed by atoms with E-state index >= 15 is 0 Å². The van der Waals surface area contributed by atoms with Gasteiger partial charge in [0, 0.05) is 11.8 Å². The molecule has 3 heteroatoms. The number of hydrogen-bond donors (Lipinski definition) is 0. The summed E-state index contributed by atoms with van der Waals surface area (Å²) in [6.45, 7) is 2.18. The third-order valence-electron chi connectivity index (χ3n) is 2.21. The number of halogens is 1. The Labute approximate surface area is 96.3 Å². The van der Waals surface area contributed by atoms with E-state index in [0.29, 0.717) is 0 Å². The lowest BCUT2D eigenvalue weighted by Crippen LogP contribution is -1.81. The van der Waals surface area contributed by atoms with E-state index in [4.69, 9.17) is 0 Å². The minimum atomic E-state index is 0.994. The molecule has 0 spiro atoms. The third-order valence-corrected chi connectivity index (χ3v) is 3.69. The van der Waals surface area contributed by atoms with Crippen LogP contribution < -0.4 is 0 Å². The molecule has 2 aromatic rings. The van der Waals surface area contributed by atoms with Crippen molar-refractivity contribution < 1.29 is 0 Å². The molecule has 1 nitrogen and oxygen atoms in total. The summed E-state index contributed by atoms with van der Waals surface area (Å²) in [6.07, 6.45) is 2.13. The van der Waals surface area contributed by atoms with Crippen molar-refractivity contribution in [3.8, 4) is 0 Å². The maximum absolute atomic E-state index is 4.57. The van der Waals surface area contributed by atoms with Crippen LogP contribution in [-0.4, -0.2) is 10.3 Å². The molecule has 0 saturated carbocycles. The Kier molecular flexibility index (Phi) is 3.19. The molecule has 0 N–H and O–H groups in total. The van der Waals surface area contributed by atoms with Crippen LogP contribution in [0, 0.1) is 0 Å². The van der Waals surface area contributed by atoms with E-state index in [9.17, 15) is 0 Å². The topological polar surface area (TPSA) is 12.9 Å². The second kappa shape index (κ2) is 4.41. The van der Waals surface area contributed by atoms with Crippen molar-refractivity contribution in [3.63, 3.8) is 0 Å². The second-order valence-electron chi connectivity index (χ2n) is 3.20. The zero-order valence-corrected chi connectivity index (χ0v) is 10.5. The van der Waals surface area contributed by atoms with E-state index in [1.165, 1.54) is 15.3 Å². The average Bonchev–Trinajstić information content (AvgIpc) is 2.59. The van der Waals surface area contributed by atoms with Gasteiger partial charge >= 0.3 is 0 Å². The van der Waals surface area contributed by atoms with Crippen LogP contribution in [0.25, 0.3) is 10.2 Å². The van der Waals surface area contributed by atoms with Crippen LogP contribution >= 0.6 is 27.3 Å². The van der Waals surface area contributed by atoms with Gasteiger partial charge in [0.05, 0.1) is 15.2 Å². The van der Waals surface area contributed by atoms with Gasteiger partial charge in [0.25, 0.3) is 0 Å². The van der Waals surface area contributed by atoms with E-state index in [-0.39, 0.29) is 0 Å². The van der Waals surface area contributed by atoms with Crippen molar-refractivity contribution in [1.82, 2.24) is 4.98 Å². The van der Waals surface area contributed by atoms with E-state index < -0.39 is 0 Å². The number of hydrogen-bond acceptors (Lipinski definition) is 2. The molecule has 1 aromatic heterocycles. The minimum Gasteiger partial charge on any atom is -0.241 e. The first-order valence-electron chi connectivity index (χ1n) is 4.77. The highest BCUT2D eigenvalue weighted by atomic mass is 79.9. The van der Waals surface area contributed by atoms with Crippen LogP contribution in [0.15, 0.2) is 18.2 Å². The Morgan fingerprint density at radius 2 is 2.29 bits per heavy atom. The summed E-state index contributed by atoms with van der Waals surface area (Å²) in [5.74, 6) is 0. The molecule has 0 bridgehead atoms. The van der Waals surface area contributed by atoms with Gasteiger partial charge in [0.15, 0.2) is 0 Å². The van der Waals surface area contributed by atoms with Crippen LogP contribution in [-0.2, 0) is 12.8 Å². The predicted octanol–water partition coefficient (Wildman–Crippen LogP) is 3.80. The molecule has 0 aliphatic rings. The molecule has 0 atom stereocenters. The minimum absolute atomic E-state index is 0.994. The number of thiazole rings is 1. The van der Waals surface area contributed by atoms with Crippen molar-refractivity contribution in [3.05, 3.63) is 28.8 Å². The molecule has 2 rings (SSSR count). The first-order valence-corrected chi connectivity index (χ1v) is 6.71. The van der Waals surface area contributed by atoms with Gasteiger partial charge in [0.1, 0.15) is 0 Å². The number of alkyl halides is 1. The summed E-state index contributed by atoms with van der Waals surface area (Å²) in [5.41, 5.74) is 2.54. The lowest BCUT2D eigenvalue weighted by molar-refractivity contribution is 1.13. The summed E-state index contributed by atoms with van der Waals surface area (Å²) in [6, 6.07) is 6.55. The molecule has 1 aromatic carbocycles. The number of aryl methyl sites for hydroxylation is 2. The van der Waals surface area contributed by atoms with E-state index in [1.54, 1.807) is 0 Å². The second-order valence-corrected chi connectivity index (χ2v) is 5.11. The average molecular weight is 270 g/mol. The number of rotatable bonds is 3. The van der Waals surface area contributed by atoms with E-state index in [0.717, 1.165) is 23.7 Å². The van der Waals surface area contributed by atoms with Gasteiger partial charge < -0.3 is 0 Å². The molecular weight excluding hydrogens is 258 g/mol. The fraction of sp³-hybridized carbons (Fsp3) is 0.364. The molecule has 74 valence electrons. The van der Waals surface area contributed by atoms with Gasteiger partial charge in [-0.25, -0.2) is 4.98 Å². The van der Waals surface area contributed by atoms with Crippen LogP contribution in [0.3, 0.4) is 0 Å². The smallest absolute Gasteiger partial charge is 0.0946 e. The number of benzene rings is 1. The van der Waals surface area contributed by atoms with E-state index in [2.05, 4.69) is 46.0 Å². The highest BCUT2D eigenvalue weighted by molar-refractivity contribution is 9.09. The summed E-state index contributed by atoms with van der Waals surface area (Å²) in [4.78, 5) is 4.57. The zero-order chi connectivity index (χ0) is 9.97. The normalized spacial score (nSPS) is 11.0. The molecule has 0 saturated heterocycles. The van der Waals surface area contributed by atoms with Gasteiger partial charge in [-0.1, -0.05) is 28.9 Å². The summed E-state index contributed by atoms with van der Waals surface area (Å²) >= 11 is 5.25. The maximum atomic E-state index is 4.57. The van der Waals surface area contributed by atoms with Crippen molar-refractivity contribution in [2.24, 2.45) is 0 Å². The first kappa shape index (κ1) is 10.1. The van der Waals surface area contributed by atoms with Gasteiger partial charge in [-0.05, 0) is 24.1 Å². The van der Waals surface area contributed by atoms with Crippen LogP contribution in [0.5, 0.6) is 0 Å². The Balaban J connectivity index is 2.43. The third kappa shape index (κ3) is 1.98. The SMILES string of the molecule is CCc1ccc2nc(CCBr)sc2c1. The van der Waals surface area contributed by atoms with Gasteiger partial charge in [-0.15, -0.1) is 11.3 Å². The number of nitrogens with zero attached hydrogens (tertiary/aromatic N) is 1. The Bertz CT molecular complexity index is 436. The highest BCUT2D eigenvalue weighted by Gasteiger charge is 2.03. The van der Waals surface area contributed by atoms with Gasteiger partial charge in [-0.3, -0.25) is 0 Å². The fourth-order valence-electron chi connectivity index (χ4n) is 1.42.